The van der Waals surface area contributed by atoms with Gasteiger partial charge in [0.1, 0.15) is 4.88 Å². The number of anilines is 4. The summed E-state index contributed by atoms with van der Waals surface area (Å²) >= 11 is 1.48. The van der Waals surface area contributed by atoms with Crippen LogP contribution in [0.15, 0.2) is 53.6 Å². The summed E-state index contributed by atoms with van der Waals surface area (Å²) in [5.74, 6) is -0.0509. The third-order valence-electron chi connectivity index (χ3n) is 7.12. The van der Waals surface area contributed by atoms with Crippen molar-refractivity contribution in [2.45, 2.75) is 51.6 Å². The van der Waals surface area contributed by atoms with Gasteiger partial charge in [-0.2, -0.15) is 5.10 Å². The normalized spacial score (nSPS) is 20.5. The lowest BCUT2D eigenvalue weighted by Gasteiger charge is -2.35. The molecule has 10 heteroatoms. The number of ether oxygens (including phenoxy) is 1. The summed E-state index contributed by atoms with van der Waals surface area (Å²) in [4.78, 5) is 32.9. The van der Waals surface area contributed by atoms with E-state index in [1.807, 2.05) is 57.2 Å². The SMILES string of the molecule is CC1=NN(c2cccc(Nc3cccc(CC4COCCN4c4nc5c(s4)C(=O)NC(C)(C)C5)c3)c2)C(=O)C1. The maximum atomic E-state index is 12.7. The van der Waals surface area contributed by atoms with Crippen LogP contribution in [0.3, 0.4) is 0 Å². The minimum absolute atomic E-state index is 0.0173. The first-order chi connectivity index (χ1) is 18.7. The van der Waals surface area contributed by atoms with Crippen LogP contribution in [-0.4, -0.2) is 53.8 Å². The monoisotopic (exact) mass is 544 g/mol. The van der Waals surface area contributed by atoms with E-state index >= 15 is 0 Å². The molecule has 202 valence electrons. The predicted octanol–water partition coefficient (Wildman–Crippen LogP) is 4.51. The van der Waals surface area contributed by atoms with Crippen LogP contribution in [0.4, 0.5) is 22.2 Å². The van der Waals surface area contributed by atoms with Crippen molar-refractivity contribution in [1.29, 1.82) is 0 Å². The van der Waals surface area contributed by atoms with E-state index in [4.69, 9.17) is 9.72 Å². The number of rotatable bonds is 6. The number of carbonyl (C=O) groups excluding carboxylic acids is 2. The molecule has 0 radical (unpaired) electrons. The van der Waals surface area contributed by atoms with Gasteiger partial charge in [0.2, 0.25) is 0 Å². The molecule has 2 aromatic carbocycles. The van der Waals surface area contributed by atoms with Crippen molar-refractivity contribution >= 4 is 51.1 Å². The zero-order valence-corrected chi connectivity index (χ0v) is 23.2. The number of hydrogen-bond acceptors (Lipinski definition) is 8. The minimum Gasteiger partial charge on any atom is -0.377 e. The Morgan fingerprint density at radius 1 is 1.15 bits per heavy atom. The summed E-state index contributed by atoms with van der Waals surface area (Å²) in [6.07, 6.45) is 1.87. The van der Waals surface area contributed by atoms with Crippen molar-refractivity contribution in [3.8, 4) is 0 Å². The average molecular weight is 545 g/mol. The molecule has 1 atom stereocenters. The molecular formula is C29H32N6O3S. The summed E-state index contributed by atoms with van der Waals surface area (Å²) < 4.78 is 5.86. The Morgan fingerprint density at radius 3 is 2.74 bits per heavy atom. The van der Waals surface area contributed by atoms with Gasteiger partial charge in [-0.1, -0.05) is 29.5 Å². The second-order valence-electron chi connectivity index (χ2n) is 11.0. The van der Waals surface area contributed by atoms with Crippen LogP contribution in [-0.2, 0) is 22.4 Å². The lowest BCUT2D eigenvalue weighted by molar-refractivity contribution is -0.116. The number of morpholine rings is 1. The molecule has 1 fully saturated rings. The number of amides is 2. The molecule has 1 aromatic heterocycles. The molecule has 9 nitrogen and oxygen atoms in total. The fourth-order valence-electron chi connectivity index (χ4n) is 5.35. The van der Waals surface area contributed by atoms with Gasteiger partial charge in [-0.15, -0.1) is 0 Å². The maximum absolute atomic E-state index is 12.7. The standard InChI is InChI=1S/C29H32N6O3S/c1-18-12-25(36)35(33-18)22-9-5-8-21(15-22)30-20-7-4-6-19(13-20)14-23-17-38-11-10-34(23)28-31-24-16-29(2,3)32-27(37)26(24)39-28/h4-9,13,15,23,30H,10-12,14,16-17H2,1-3H3,(H,32,37). The highest BCUT2D eigenvalue weighted by molar-refractivity contribution is 7.17. The molecule has 3 aliphatic rings. The van der Waals surface area contributed by atoms with Crippen molar-refractivity contribution in [3.05, 3.63) is 64.7 Å². The number of benzene rings is 2. The Hall–Kier alpha value is -3.76. The number of nitrogens with one attached hydrogen (secondary N) is 2. The Labute approximate surface area is 231 Å². The van der Waals surface area contributed by atoms with E-state index in [9.17, 15) is 9.59 Å². The number of nitrogens with zero attached hydrogens (tertiary/aromatic N) is 4. The van der Waals surface area contributed by atoms with E-state index in [-0.39, 0.29) is 23.4 Å². The maximum Gasteiger partial charge on any atom is 0.263 e. The predicted molar refractivity (Wildman–Crippen MR) is 154 cm³/mol. The first-order valence-corrected chi connectivity index (χ1v) is 14.1. The number of fused-ring (bicyclic) bond motifs is 1. The molecular weight excluding hydrogens is 512 g/mol. The Kier molecular flexibility index (Phi) is 6.60. The van der Waals surface area contributed by atoms with Crippen LogP contribution < -0.4 is 20.5 Å². The molecule has 4 heterocycles. The number of thiazole rings is 1. The third-order valence-corrected chi connectivity index (χ3v) is 8.25. The summed E-state index contributed by atoms with van der Waals surface area (Å²) in [5.41, 5.74) is 5.18. The zero-order valence-electron chi connectivity index (χ0n) is 22.4. The highest BCUT2D eigenvalue weighted by atomic mass is 32.1. The topological polar surface area (TPSA) is 99.2 Å². The van der Waals surface area contributed by atoms with Crippen molar-refractivity contribution in [2.75, 3.05) is 35.0 Å². The van der Waals surface area contributed by atoms with Gasteiger partial charge in [-0.25, -0.2) is 9.99 Å². The number of carbonyl (C=O) groups is 2. The van der Waals surface area contributed by atoms with Crippen LogP contribution in [0.25, 0.3) is 0 Å². The molecule has 6 rings (SSSR count). The molecule has 3 aliphatic heterocycles. The van der Waals surface area contributed by atoms with Gasteiger partial charge in [-0.05, 0) is 63.1 Å². The van der Waals surface area contributed by atoms with Crippen molar-refractivity contribution < 1.29 is 14.3 Å². The molecule has 0 saturated carbocycles. The molecule has 1 saturated heterocycles. The molecule has 3 aromatic rings. The summed E-state index contributed by atoms with van der Waals surface area (Å²) in [6.45, 7) is 7.91. The largest absolute Gasteiger partial charge is 0.377 e. The van der Waals surface area contributed by atoms with E-state index in [1.165, 1.54) is 21.9 Å². The van der Waals surface area contributed by atoms with Crippen LogP contribution in [0.1, 0.15) is 48.1 Å². The fraction of sp³-hybridized carbons (Fsp3) is 0.379. The van der Waals surface area contributed by atoms with Crippen LogP contribution >= 0.6 is 11.3 Å². The van der Waals surface area contributed by atoms with E-state index in [0.717, 1.165) is 57.9 Å². The van der Waals surface area contributed by atoms with Gasteiger partial charge >= 0.3 is 0 Å². The van der Waals surface area contributed by atoms with Gasteiger partial charge in [0.05, 0.1) is 37.1 Å². The molecule has 39 heavy (non-hydrogen) atoms. The number of hydrogen-bond donors (Lipinski definition) is 2. The molecule has 2 amide bonds. The minimum atomic E-state index is -0.289. The molecule has 0 spiro atoms. The van der Waals surface area contributed by atoms with E-state index in [0.29, 0.717) is 19.6 Å². The van der Waals surface area contributed by atoms with Crippen LogP contribution in [0, 0.1) is 0 Å². The number of aromatic nitrogens is 1. The zero-order chi connectivity index (χ0) is 27.1. The second-order valence-corrected chi connectivity index (χ2v) is 12.0. The van der Waals surface area contributed by atoms with Gasteiger partial charge in [0, 0.05) is 35.6 Å². The summed E-state index contributed by atoms with van der Waals surface area (Å²) in [7, 11) is 0. The molecule has 0 bridgehead atoms. The average Bonchev–Trinajstić information content (AvgIpc) is 3.46. The van der Waals surface area contributed by atoms with Crippen LogP contribution in [0.5, 0.6) is 0 Å². The molecule has 0 aliphatic carbocycles. The lowest BCUT2D eigenvalue weighted by Crippen LogP contribution is -2.48. The van der Waals surface area contributed by atoms with E-state index < -0.39 is 0 Å². The first kappa shape index (κ1) is 25.5. The summed E-state index contributed by atoms with van der Waals surface area (Å²) in [6, 6.07) is 16.2. The quantitative estimate of drug-likeness (QED) is 0.474. The van der Waals surface area contributed by atoms with Crippen molar-refractivity contribution in [3.63, 3.8) is 0 Å². The van der Waals surface area contributed by atoms with Crippen molar-refractivity contribution in [1.82, 2.24) is 10.3 Å². The Balaban J connectivity index is 1.18. The molecule has 1 unspecified atom stereocenters. The third kappa shape index (κ3) is 5.39. The van der Waals surface area contributed by atoms with E-state index in [2.05, 4.69) is 32.8 Å². The van der Waals surface area contributed by atoms with Crippen LogP contribution in [0.2, 0.25) is 0 Å². The van der Waals surface area contributed by atoms with E-state index in [1.54, 1.807) is 0 Å². The Bertz CT molecular complexity index is 1460. The highest BCUT2D eigenvalue weighted by Gasteiger charge is 2.35. The van der Waals surface area contributed by atoms with Gasteiger partial charge in [-0.3, -0.25) is 9.59 Å². The highest BCUT2D eigenvalue weighted by Crippen LogP contribution is 2.34. The lowest BCUT2D eigenvalue weighted by atomic mass is 9.94. The number of hydrazone groups is 1. The van der Waals surface area contributed by atoms with Gasteiger partial charge in [0.15, 0.2) is 5.13 Å². The second kappa shape index (κ2) is 10.1. The first-order valence-electron chi connectivity index (χ1n) is 13.2. The Morgan fingerprint density at radius 2 is 1.95 bits per heavy atom. The van der Waals surface area contributed by atoms with Gasteiger partial charge < -0.3 is 20.3 Å². The molecule has 2 N–H and O–H groups in total. The van der Waals surface area contributed by atoms with Crippen molar-refractivity contribution in [2.24, 2.45) is 5.10 Å². The summed E-state index contributed by atoms with van der Waals surface area (Å²) in [5, 5.41) is 13.3. The smallest absolute Gasteiger partial charge is 0.263 e. The fourth-order valence-corrected chi connectivity index (χ4v) is 6.42. The van der Waals surface area contributed by atoms with Gasteiger partial charge in [0.25, 0.3) is 11.8 Å².